The summed E-state index contributed by atoms with van der Waals surface area (Å²) in [5, 5.41) is 18.0. The highest BCUT2D eigenvalue weighted by Gasteiger charge is 2.23. The molecule has 0 bridgehead atoms. The number of carboxylic acids is 1. The van der Waals surface area contributed by atoms with E-state index in [0.29, 0.717) is 0 Å². The van der Waals surface area contributed by atoms with Gasteiger partial charge in [-0.3, -0.25) is 4.79 Å². The summed E-state index contributed by atoms with van der Waals surface area (Å²) in [6.07, 6.45) is -1.87. The minimum atomic E-state index is -3.14. The number of ketones is 1. The molecular weight excluding hydrogens is 342 g/mol. The van der Waals surface area contributed by atoms with Crippen molar-refractivity contribution in [2.45, 2.75) is 24.5 Å². The zero-order valence-electron chi connectivity index (χ0n) is 10.2. The van der Waals surface area contributed by atoms with E-state index in [-0.39, 0.29) is 22.7 Å². The first-order chi connectivity index (χ1) is 9.23. The van der Waals surface area contributed by atoms with E-state index in [1.807, 2.05) is 0 Å². The predicted molar refractivity (Wildman–Crippen MR) is 68.0 cm³/mol. The Labute approximate surface area is 121 Å². The van der Waals surface area contributed by atoms with Crippen LogP contribution in [0.5, 0.6) is 5.75 Å². The van der Waals surface area contributed by atoms with Crippen molar-refractivity contribution >= 4 is 27.7 Å². The van der Waals surface area contributed by atoms with Crippen LogP contribution in [-0.2, 0) is 9.59 Å². The molecule has 0 radical (unpaired) electrons. The van der Waals surface area contributed by atoms with Crippen LogP contribution >= 0.6 is 15.9 Å². The molecule has 2 atom stereocenters. The average Bonchev–Trinajstić information content (AvgIpc) is 2.36. The summed E-state index contributed by atoms with van der Waals surface area (Å²) < 4.78 is 29.0. The van der Waals surface area contributed by atoms with Crippen LogP contribution in [0.4, 0.5) is 8.78 Å². The van der Waals surface area contributed by atoms with Gasteiger partial charge in [0.05, 0.1) is 0 Å². The Bertz CT molecular complexity index is 521. The van der Waals surface area contributed by atoms with Gasteiger partial charge >= 0.3 is 12.6 Å². The fraction of sp³-hybridized carbons (Fsp3) is 0.333. The Morgan fingerprint density at radius 2 is 1.95 bits per heavy atom. The number of Topliss-reactive ketones (excluding diaryl/α,β-unsaturated/α-hetero) is 1. The lowest BCUT2D eigenvalue weighted by Crippen LogP contribution is -2.13. The fourth-order valence-electron chi connectivity index (χ4n) is 1.49. The first-order valence-corrected chi connectivity index (χ1v) is 6.29. The number of hydrogen-bond acceptors (Lipinski definition) is 4. The summed E-state index contributed by atoms with van der Waals surface area (Å²) in [6.45, 7) is -1.89. The lowest BCUT2D eigenvalue weighted by Gasteiger charge is -2.16. The Kier molecular flexibility index (Phi) is 5.58. The van der Waals surface area contributed by atoms with Gasteiger partial charge in [0, 0.05) is 5.56 Å². The van der Waals surface area contributed by atoms with Crippen LogP contribution in [0.25, 0.3) is 0 Å². The maximum atomic E-state index is 12.4. The number of ether oxygens (including phenoxy) is 1. The van der Waals surface area contributed by atoms with Gasteiger partial charge in [0.2, 0.25) is 0 Å². The summed E-state index contributed by atoms with van der Waals surface area (Å²) in [6, 6.07) is 3.45. The molecular formula is C12H11BrF2O5. The molecule has 110 valence electrons. The molecule has 0 aliphatic carbocycles. The van der Waals surface area contributed by atoms with Crippen molar-refractivity contribution in [1.29, 1.82) is 0 Å². The Hall–Kier alpha value is -1.54. The van der Waals surface area contributed by atoms with Gasteiger partial charge in [0.15, 0.2) is 6.10 Å². The van der Waals surface area contributed by atoms with Gasteiger partial charge in [-0.05, 0) is 18.6 Å². The quantitative estimate of drug-likeness (QED) is 0.768. The first-order valence-electron chi connectivity index (χ1n) is 5.38. The highest BCUT2D eigenvalue weighted by Crippen LogP contribution is 2.35. The molecule has 0 aromatic heterocycles. The van der Waals surface area contributed by atoms with E-state index in [2.05, 4.69) is 20.7 Å². The van der Waals surface area contributed by atoms with E-state index in [9.17, 15) is 23.5 Å². The summed E-state index contributed by atoms with van der Waals surface area (Å²) in [4.78, 5) is 21.1. The number of carboxylic acid groups (broad SMARTS) is 1. The second kappa shape index (κ2) is 6.76. The second-order valence-electron chi connectivity index (χ2n) is 3.89. The summed E-state index contributed by atoms with van der Waals surface area (Å²) >= 11 is 3.03. The molecule has 0 spiro atoms. The molecule has 0 saturated carbocycles. The normalized spacial score (nSPS) is 13.9. The largest absolute Gasteiger partial charge is 0.479 e. The van der Waals surface area contributed by atoms with Gasteiger partial charge in [0.1, 0.15) is 16.4 Å². The van der Waals surface area contributed by atoms with E-state index in [0.717, 1.165) is 6.07 Å². The van der Waals surface area contributed by atoms with Crippen LogP contribution in [0.15, 0.2) is 18.2 Å². The molecule has 1 rings (SSSR count). The maximum Gasteiger partial charge on any atom is 0.387 e. The fourth-order valence-corrected chi connectivity index (χ4v) is 1.87. The van der Waals surface area contributed by atoms with Crippen molar-refractivity contribution in [3.8, 4) is 5.75 Å². The smallest absolute Gasteiger partial charge is 0.387 e. The van der Waals surface area contributed by atoms with Crippen molar-refractivity contribution < 1.29 is 33.3 Å². The monoisotopic (exact) mass is 352 g/mol. The third-order valence-corrected chi connectivity index (χ3v) is 3.57. The second-order valence-corrected chi connectivity index (χ2v) is 4.81. The van der Waals surface area contributed by atoms with Crippen LogP contribution in [0.2, 0.25) is 0 Å². The zero-order chi connectivity index (χ0) is 15.4. The molecule has 1 aromatic carbocycles. The van der Waals surface area contributed by atoms with Gasteiger partial charge in [-0.2, -0.15) is 8.78 Å². The number of aliphatic carboxylic acids is 1. The summed E-state index contributed by atoms with van der Waals surface area (Å²) in [5.74, 6) is -2.23. The summed E-state index contributed by atoms with van der Waals surface area (Å²) in [5.41, 5.74) is -0.000657. The van der Waals surface area contributed by atoms with Crippen molar-refractivity contribution in [2.75, 3.05) is 0 Å². The zero-order valence-corrected chi connectivity index (χ0v) is 11.8. The molecule has 2 unspecified atom stereocenters. The Morgan fingerprint density at radius 3 is 2.40 bits per heavy atom. The number of aliphatic hydroxyl groups excluding tert-OH is 1. The van der Waals surface area contributed by atoms with Gasteiger partial charge in [-0.25, -0.2) is 4.79 Å². The lowest BCUT2D eigenvalue weighted by molar-refractivity contribution is -0.147. The molecule has 0 saturated heterocycles. The van der Waals surface area contributed by atoms with Crippen LogP contribution < -0.4 is 4.74 Å². The average molecular weight is 353 g/mol. The number of hydrogen-bond donors (Lipinski definition) is 2. The van der Waals surface area contributed by atoms with E-state index < -0.39 is 23.5 Å². The molecule has 1 aromatic rings. The number of carbonyl (C=O) groups excluding carboxylic acids is 1. The van der Waals surface area contributed by atoms with E-state index >= 15 is 0 Å². The molecule has 0 aliphatic rings. The molecule has 0 fully saturated rings. The van der Waals surface area contributed by atoms with Crippen molar-refractivity contribution in [2.24, 2.45) is 0 Å². The number of aliphatic hydroxyl groups is 1. The molecule has 5 nitrogen and oxygen atoms in total. The van der Waals surface area contributed by atoms with Gasteiger partial charge in [0.25, 0.3) is 0 Å². The number of alkyl halides is 3. The molecule has 0 aliphatic heterocycles. The predicted octanol–water partition coefficient (Wildman–Crippen LogP) is 2.43. The third-order valence-electron chi connectivity index (χ3n) is 2.43. The molecule has 0 amide bonds. The van der Waals surface area contributed by atoms with Crippen LogP contribution in [0.1, 0.15) is 29.0 Å². The number of halogens is 3. The summed E-state index contributed by atoms with van der Waals surface area (Å²) in [7, 11) is 0. The topological polar surface area (TPSA) is 83.8 Å². The van der Waals surface area contributed by atoms with Gasteiger partial charge < -0.3 is 14.9 Å². The molecule has 8 heteroatoms. The molecule has 2 N–H and O–H groups in total. The van der Waals surface area contributed by atoms with E-state index in [1.165, 1.54) is 19.1 Å². The van der Waals surface area contributed by atoms with E-state index in [4.69, 9.17) is 5.11 Å². The molecule has 20 heavy (non-hydrogen) atoms. The van der Waals surface area contributed by atoms with Crippen molar-refractivity contribution in [3.63, 3.8) is 0 Å². The van der Waals surface area contributed by atoms with Crippen LogP contribution in [-0.4, -0.2) is 28.6 Å². The van der Waals surface area contributed by atoms with Crippen molar-refractivity contribution in [1.82, 2.24) is 0 Å². The highest BCUT2D eigenvalue weighted by atomic mass is 79.9. The number of rotatable bonds is 6. The van der Waals surface area contributed by atoms with E-state index in [1.54, 1.807) is 0 Å². The number of benzene rings is 1. The van der Waals surface area contributed by atoms with Crippen LogP contribution in [0, 0.1) is 0 Å². The van der Waals surface area contributed by atoms with Gasteiger partial charge in [-0.1, -0.05) is 28.1 Å². The minimum Gasteiger partial charge on any atom is -0.479 e. The highest BCUT2D eigenvalue weighted by molar-refractivity contribution is 9.09. The number of carbonyl (C=O) groups is 2. The Balaban J connectivity index is 3.26. The minimum absolute atomic E-state index is 0.124. The maximum absolute atomic E-state index is 12.4. The van der Waals surface area contributed by atoms with Gasteiger partial charge in [-0.15, -0.1) is 0 Å². The molecule has 0 heterocycles. The first kappa shape index (κ1) is 16.5. The third kappa shape index (κ3) is 3.97. The van der Waals surface area contributed by atoms with Crippen LogP contribution in [0.3, 0.4) is 0 Å². The standard InChI is InChI=1S/C12H11BrF2O5/c1-5(16)9(13)7-3-2-6(10(17)11(18)19)4-8(7)20-12(14)15/h2-4,9-10,12,17H,1H3,(H,18,19). The SMILES string of the molecule is CC(=O)C(Br)c1ccc(C(O)C(=O)O)cc1OC(F)F. The Morgan fingerprint density at radius 1 is 1.35 bits per heavy atom. The lowest BCUT2D eigenvalue weighted by atomic mass is 10.0. The van der Waals surface area contributed by atoms with Crippen molar-refractivity contribution in [3.05, 3.63) is 29.3 Å².